The molecule has 6 heteroatoms. The van der Waals surface area contributed by atoms with Gasteiger partial charge in [0.1, 0.15) is 12.4 Å². The maximum absolute atomic E-state index is 11.7. The third kappa shape index (κ3) is 2.42. The maximum atomic E-state index is 11.7. The van der Waals surface area contributed by atoms with Crippen LogP contribution in [0.25, 0.3) is 0 Å². The first-order valence-corrected chi connectivity index (χ1v) is 6.46. The fourth-order valence-electron chi connectivity index (χ4n) is 2.18. The Hall–Kier alpha value is -2.21. The summed E-state index contributed by atoms with van der Waals surface area (Å²) in [5, 5.41) is 9.03. The Balaban J connectivity index is 1.71. The van der Waals surface area contributed by atoms with Gasteiger partial charge in [-0.1, -0.05) is 18.2 Å². The van der Waals surface area contributed by atoms with E-state index in [0.717, 1.165) is 18.4 Å². The van der Waals surface area contributed by atoms with Crippen LogP contribution in [0.4, 0.5) is 4.79 Å². The van der Waals surface area contributed by atoms with E-state index >= 15 is 0 Å². The van der Waals surface area contributed by atoms with Crippen LogP contribution in [0.3, 0.4) is 0 Å². The molecule has 0 aromatic rings. The minimum Gasteiger partial charge on any atom is -0.463 e. The largest absolute Gasteiger partial charge is 0.463 e. The van der Waals surface area contributed by atoms with E-state index < -0.39 is 12.2 Å². The van der Waals surface area contributed by atoms with Crippen LogP contribution in [0.1, 0.15) is 12.8 Å². The van der Waals surface area contributed by atoms with Gasteiger partial charge in [-0.05, 0) is 18.4 Å². The van der Waals surface area contributed by atoms with Crippen molar-refractivity contribution in [3.63, 3.8) is 0 Å². The van der Waals surface area contributed by atoms with Gasteiger partial charge in [0.05, 0.1) is 13.2 Å². The summed E-state index contributed by atoms with van der Waals surface area (Å²) in [7, 11) is 0. The Kier molecular flexibility index (Phi) is 3.47. The second-order valence-electron chi connectivity index (χ2n) is 4.63. The molecule has 1 amide bonds. The number of aliphatic hydroxyl groups excluding tert-OH is 1. The van der Waals surface area contributed by atoms with Gasteiger partial charge in [0.2, 0.25) is 5.88 Å². The first kappa shape index (κ1) is 12.8. The first-order valence-electron chi connectivity index (χ1n) is 6.46. The molecule has 3 aliphatic rings. The van der Waals surface area contributed by atoms with Crippen LogP contribution in [-0.4, -0.2) is 35.4 Å². The number of cyclic esters (lactones) is 1. The smallest absolute Gasteiger partial charge is 0.417 e. The number of ether oxygens (including phenoxy) is 3. The lowest BCUT2D eigenvalue weighted by Gasteiger charge is -2.23. The summed E-state index contributed by atoms with van der Waals surface area (Å²) in [5.41, 5.74) is 1.02. The molecule has 1 saturated heterocycles. The van der Waals surface area contributed by atoms with E-state index in [9.17, 15) is 4.79 Å². The molecular formula is C14H15NO5. The van der Waals surface area contributed by atoms with Crippen molar-refractivity contribution in [3.05, 3.63) is 48.0 Å². The lowest BCUT2D eigenvalue weighted by Crippen LogP contribution is -2.28. The van der Waals surface area contributed by atoms with Crippen molar-refractivity contribution in [1.82, 2.24) is 4.90 Å². The van der Waals surface area contributed by atoms with Crippen molar-refractivity contribution >= 4 is 6.09 Å². The standard InChI is InChI=1S/C14H15NO5/c16-7-11-6-15(14(17)19-11)13-9-18-8-12(20-13)10-4-2-1-3-5-10/h1-2,4,8-9,11,16H,3,5-7H2/t11-/m1/s1. The van der Waals surface area contributed by atoms with E-state index in [4.69, 9.17) is 19.3 Å². The van der Waals surface area contributed by atoms with Crippen LogP contribution in [0, 0.1) is 0 Å². The molecule has 6 nitrogen and oxygen atoms in total. The molecule has 2 aliphatic heterocycles. The highest BCUT2D eigenvalue weighted by molar-refractivity contribution is 5.71. The molecule has 20 heavy (non-hydrogen) atoms. The number of aliphatic hydroxyl groups is 1. The summed E-state index contributed by atoms with van der Waals surface area (Å²) in [6.07, 6.45) is 9.60. The monoisotopic (exact) mass is 277 g/mol. The Bertz CT molecular complexity index is 532. The third-order valence-electron chi connectivity index (χ3n) is 3.23. The van der Waals surface area contributed by atoms with Crippen LogP contribution in [0.5, 0.6) is 0 Å². The van der Waals surface area contributed by atoms with Crippen LogP contribution < -0.4 is 0 Å². The quantitative estimate of drug-likeness (QED) is 0.851. The second-order valence-corrected chi connectivity index (χ2v) is 4.63. The Morgan fingerprint density at radius 2 is 2.30 bits per heavy atom. The topological polar surface area (TPSA) is 68.2 Å². The average molecular weight is 277 g/mol. The van der Waals surface area contributed by atoms with E-state index in [-0.39, 0.29) is 19.0 Å². The highest BCUT2D eigenvalue weighted by Crippen LogP contribution is 2.29. The molecule has 1 aliphatic carbocycles. The lowest BCUT2D eigenvalue weighted by molar-refractivity contribution is 0.0932. The molecule has 106 valence electrons. The van der Waals surface area contributed by atoms with E-state index in [2.05, 4.69) is 6.08 Å². The summed E-state index contributed by atoms with van der Waals surface area (Å²) < 4.78 is 15.9. The van der Waals surface area contributed by atoms with Crippen LogP contribution in [0.15, 0.2) is 48.0 Å². The fraction of sp³-hybridized carbons (Fsp3) is 0.357. The molecule has 1 fully saturated rings. The predicted octanol–water partition coefficient (Wildman–Crippen LogP) is 1.76. The molecule has 3 rings (SSSR count). The summed E-state index contributed by atoms with van der Waals surface area (Å²) in [4.78, 5) is 13.0. The van der Waals surface area contributed by atoms with E-state index in [0.29, 0.717) is 5.76 Å². The lowest BCUT2D eigenvalue weighted by atomic mass is 10.0. The Labute approximate surface area is 116 Å². The zero-order valence-electron chi connectivity index (χ0n) is 10.8. The van der Waals surface area contributed by atoms with Gasteiger partial charge in [-0.2, -0.15) is 0 Å². The third-order valence-corrected chi connectivity index (χ3v) is 3.23. The van der Waals surface area contributed by atoms with Crippen molar-refractivity contribution < 1.29 is 24.1 Å². The average Bonchev–Trinajstić information content (AvgIpc) is 2.89. The molecule has 0 aromatic carbocycles. The Morgan fingerprint density at radius 1 is 1.40 bits per heavy atom. The molecule has 0 radical (unpaired) electrons. The SMILES string of the molecule is O=C1O[C@@H](CO)CN1C1=COC=C(C2=CC=CCC2)O1. The van der Waals surface area contributed by atoms with Crippen molar-refractivity contribution in [2.24, 2.45) is 0 Å². The van der Waals surface area contributed by atoms with Gasteiger partial charge >= 0.3 is 6.09 Å². The van der Waals surface area contributed by atoms with Gasteiger partial charge in [0, 0.05) is 0 Å². The van der Waals surface area contributed by atoms with Gasteiger partial charge in [0.25, 0.3) is 0 Å². The number of carbonyl (C=O) groups is 1. The second kappa shape index (κ2) is 5.42. The normalized spacial score (nSPS) is 25.2. The molecule has 2 heterocycles. The molecule has 0 unspecified atom stereocenters. The number of hydrogen-bond donors (Lipinski definition) is 1. The number of hydrogen-bond acceptors (Lipinski definition) is 5. The molecular weight excluding hydrogens is 262 g/mol. The Morgan fingerprint density at radius 3 is 3.00 bits per heavy atom. The van der Waals surface area contributed by atoms with Crippen LogP contribution in [-0.2, 0) is 14.2 Å². The summed E-state index contributed by atoms with van der Waals surface area (Å²) in [6, 6.07) is 0. The van der Waals surface area contributed by atoms with Gasteiger partial charge in [-0.25, -0.2) is 9.69 Å². The summed E-state index contributed by atoms with van der Waals surface area (Å²) in [6.45, 7) is 0.0335. The molecule has 0 aromatic heterocycles. The van der Waals surface area contributed by atoms with Crippen LogP contribution in [0.2, 0.25) is 0 Å². The maximum Gasteiger partial charge on any atom is 0.417 e. The van der Waals surface area contributed by atoms with Crippen molar-refractivity contribution in [3.8, 4) is 0 Å². The minimum absolute atomic E-state index is 0.213. The van der Waals surface area contributed by atoms with Crippen molar-refractivity contribution in [2.45, 2.75) is 18.9 Å². The zero-order chi connectivity index (χ0) is 13.9. The summed E-state index contributed by atoms with van der Waals surface area (Å²) in [5.74, 6) is 0.867. The number of allylic oxidation sites excluding steroid dienone is 4. The summed E-state index contributed by atoms with van der Waals surface area (Å²) >= 11 is 0. The van der Waals surface area contributed by atoms with Gasteiger partial charge in [-0.15, -0.1) is 0 Å². The fourth-order valence-corrected chi connectivity index (χ4v) is 2.18. The molecule has 1 N–H and O–H groups in total. The van der Waals surface area contributed by atoms with Gasteiger partial charge in [0.15, 0.2) is 12.0 Å². The number of amides is 1. The first-order chi connectivity index (χ1) is 9.78. The van der Waals surface area contributed by atoms with Crippen molar-refractivity contribution in [2.75, 3.05) is 13.2 Å². The van der Waals surface area contributed by atoms with E-state index in [1.165, 1.54) is 17.4 Å². The number of rotatable bonds is 3. The van der Waals surface area contributed by atoms with Crippen LogP contribution >= 0.6 is 0 Å². The van der Waals surface area contributed by atoms with Gasteiger partial charge in [-0.3, -0.25) is 0 Å². The minimum atomic E-state index is -0.544. The zero-order valence-corrected chi connectivity index (χ0v) is 10.8. The highest BCUT2D eigenvalue weighted by Gasteiger charge is 2.35. The number of carbonyl (C=O) groups excluding carboxylic acids is 1. The van der Waals surface area contributed by atoms with Crippen molar-refractivity contribution in [1.29, 1.82) is 0 Å². The highest BCUT2D eigenvalue weighted by atomic mass is 16.6. The van der Waals surface area contributed by atoms with E-state index in [1.807, 2.05) is 12.2 Å². The predicted molar refractivity (Wildman–Crippen MR) is 68.9 cm³/mol. The molecule has 0 spiro atoms. The van der Waals surface area contributed by atoms with Gasteiger partial charge < -0.3 is 19.3 Å². The van der Waals surface area contributed by atoms with E-state index in [1.54, 1.807) is 0 Å². The molecule has 0 bridgehead atoms. The molecule has 1 atom stereocenters. The molecule has 0 saturated carbocycles. The number of nitrogens with zero attached hydrogens (tertiary/aromatic N) is 1.